The number of halogens is 1. The molecule has 0 saturated heterocycles. The molecule has 2 rings (SSSR count). The first kappa shape index (κ1) is 15.8. The first-order chi connectivity index (χ1) is 10.0. The van der Waals surface area contributed by atoms with Crippen LogP contribution in [0.5, 0.6) is 5.75 Å². The Labute approximate surface area is 129 Å². The van der Waals surface area contributed by atoms with Gasteiger partial charge in [-0.15, -0.1) is 0 Å². The van der Waals surface area contributed by atoms with Crippen LogP contribution in [0, 0.1) is 0 Å². The molecular formula is C15H16ClNO3S. The third-order valence-corrected chi connectivity index (χ3v) is 4.45. The Kier molecular flexibility index (Phi) is 5.22. The van der Waals surface area contributed by atoms with Crippen LogP contribution in [0.3, 0.4) is 0 Å². The molecule has 0 spiro atoms. The summed E-state index contributed by atoms with van der Waals surface area (Å²) in [6.07, 6.45) is 0. The van der Waals surface area contributed by atoms with E-state index in [1.165, 1.54) is 18.2 Å². The smallest absolute Gasteiger partial charge is 0.339 e. The molecule has 0 bridgehead atoms. The van der Waals surface area contributed by atoms with E-state index in [1.54, 1.807) is 30.3 Å². The van der Waals surface area contributed by atoms with Crippen LogP contribution < -0.4 is 9.50 Å². The molecule has 6 heteroatoms. The van der Waals surface area contributed by atoms with Gasteiger partial charge >= 0.3 is 10.1 Å². The topological polar surface area (TPSA) is 55.4 Å². The number of hydrogen-bond donors (Lipinski definition) is 1. The van der Waals surface area contributed by atoms with Gasteiger partial charge in [0.25, 0.3) is 0 Å². The molecule has 1 N–H and O–H groups in total. The molecule has 21 heavy (non-hydrogen) atoms. The first-order valence-electron chi connectivity index (χ1n) is 6.51. The lowest BCUT2D eigenvalue weighted by Crippen LogP contribution is -2.13. The van der Waals surface area contributed by atoms with Crippen molar-refractivity contribution in [2.45, 2.75) is 18.4 Å². The van der Waals surface area contributed by atoms with Gasteiger partial charge in [0.1, 0.15) is 10.6 Å². The minimum atomic E-state index is -3.83. The molecule has 0 aliphatic heterocycles. The summed E-state index contributed by atoms with van der Waals surface area (Å²) in [7, 11) is -3.83. The summed E-state index contributed by atoms with van der Waals surface area (Å²) in [5, 5.41) is 3.71. The highest BCUT2D eigenvalue weighted by Crippen LogP contribution is 2.24. The fourth-order valence-corrected chi connectivity index (χ4v) is 2.89. The number of benzene rings is 2. The quantitative estimate of drug-likeness (QED) is 0.829. The van der Waals surface area contributed by atoms with E-state index in [0.29, 0.717) is 11.6 Å². The van der Waals surface area contributed by atoms with Gasteiger partial charge in [-0.25, -0.2) is 0 Å². The lowest BCUT2D eigenvalue weighted by molar-refractivity contribution is 0.485. The first-order valence-corrected chi connectivity index (χ1v) is 8.30. The van der Waals surface area contributed by atoms with Crippen LogP contribution >= 0.6 is 11.6 Å². The highest BCUT2D eigenvalue weighted by molar-refractivity contribution is 7.87. The number of nitrogens with one attached hydrogen (secondary N) is 1. The zero-order chi connectivity index (χ0) is 15.3. The Morgan fingerprint density at radius 3 is 2.52 bits per heavy atom. The zero-order valence-electron chi connectivity index (χ0n) is 11.5. The zero-order valence-corrected chi connectivity index (χ0v) is 13.1. The van der Waals surface area contributed by atoms with E-state index in [1.807, 2.05) is 6.92 Å². The Hall–Kier alpha value is -1.56. The van der Waals surface area contributed by atoms with Crippen molar-refractivity contribution < 1.29 is 12.6 Å². The van der Waals surface area contributed by atoms with Crippen molar-refractivity contribution >= 4 is 21.7 Å². The molecule has 0 radical (unpaired) electrons. The Balaban J connectivity index is 2.23. The molecule has 0 aliphatic carbocycles. The summed E-state index contributed by atoms with van der Waals surface area (Å²) < 4.78 is 29.4. The maximum Gasteiger partial charge on any atom is 0.339 e. The molecular weight excluding hydrogens is 310 g/mol. The molecule has 2 aromatic rings. The van der Waals surface area contributed by atoms with Crippen LogP contribution in [0.1, 0.15) is 12.5 Å². The Morgan fingerprint density at radius 1 is 1.14 bits per heavy atom. The maximum atomic E-state index is 12.1. The van der Waals surface area contributed by atoms with Crippen molar-refractivity contribution in [2.75, 3.05) is 6.54 Å². The van der Waals surface area contributed by atoms with Gasteiger partial charge in [-0.3, -0.25) is 0 Å². The third kappa shape index (κ3) is 4.20. The predicted octanol–water partition coefficient (Wildman–Crippen LogP) is 3.22. The van der Waals surface area contributed by atoms with Gasteiger partial charge in [0.2, 0.25) is 0 Å². The summed E-state index contributed by atoms with van der Waals surface area (Å²) in [4.78, 5) is 0.119. The highest BCUT2D eigenvalue weighted by Gasteiger charge is 2.16. The molecule has 0 amide bonds. The van der Waals surface area contributed by atoms with Crippen molar-refractivity contribution in [3.05, 3.63) is 59.1 Å². The summed E-state index contributed by atoms with van der Waals surface area (Å²) in [6, 6.07) is 12.8. The van der Waals surface area contributed by atoms with Crippen molar-refractivity contribution in [2.24, 2.45) is 0 Å². The van der Waals surface area contributed by atoms with Gasteiger partial charge in [-0.05, 0) is 42.4 Å². The lowest BCUT2D eigenvalue weighted by Gasteiger charge is -2.10. The van der Waals surface area contributed by atoms with E-state index in [4.69, 9.17) is 15.8 Å². The van der Waals surface area contributed by atoms with Gasteiger partial charge in [0.15, 0.2) is 0 Å². The summed E-state index contributed by atoms with van der Waals surface area (Å²) in [6.45, 7) is 3.33. The minimum Gasteiger partial charge on any atom is -0.379 e. The van der Waals surface area contributed by atoms with Crippen molar-refractivity contribution in [1.29, 1.82) is 0 Å². The minimum absolute atomic E-state index is 0.119. The van der Waals surface area contributed by atoms with Crippen LogP contribution in [-0.4, -0.2) is 15.0 Å². The number of hydrogen-bond acceptors (Lipinski definition) is 4. The lowest BCUT2D eigenvalue weighted by atomic mass is 10.2. The molecule has 0 fully saturated rings. The van der Waals surface area contributed by atoms with Crippen molar-refractivity contribution in [1.82, 2.24) is 5.32 Å². The van der Waals surface area contributed by atoms with Crippen LogP contribution in [0.15, 0.2) is 53.4 Å². The molecule has 0 saturated carbocycles. The largest absolute Gasteiger partial charge is 0.379 e. The van der Waals surface area contributed by atoms with Crippen molar-refractivity contribution in [3.63, 3.8) is 0 Å². The highest BCUT2D eigenvalue weighted by atomic mass is 35.5. The summed E-state index contributed by atoms with van der Waals surface area (Å²) >= 11 is 6.08. The SMILES string of the molecule is CCNCc1cc(OS(=O)(=O)c2ccccc2)ccc1Cl. The van der Waals surface area contributed by atoms with E-state index in [-0.39, 0.29) is 10.6 Å². The van der Waals surface area contributed by atoms with Gasteiger partial charge < -0.3 is 9.50 Å². The molecule has 0 atom stereocenters. The predicted molar refractivity (Wildman–Crippen MR) is 83.1 cm³/mol. The van der Waals surface area contributed by atoms with Gasteiger partial charge in [0.05, 0.1) is 0 Å². The molecule has 4 nitrogen and oxygen atoms in total. The second kappa shape index (κ2) is 6.93. The van der Waals surface area contributed by atoms with E-state index in [0.717, 1.165) is 12.1 Å². The Bertz CT molecular complexity index is 702. The number of rotatable bonds is 6. The second-order valence-corrected chi connectivity index (χ2v) is 6.34. The average molecular weight is 326 g/mol. The summed E-state index contributed by atoms with van der Waals surface area (Å²) in [5.74, 6) is 0.246. The van der Waals surface area contributed by atoms with Gasteiger partial charge in [0, 0.05) is 11.6 Å². The maximum absolute atomic E-state index is 12.1. The van der Waals surface area contributed by atoms with Gasteiger partial charge in [-0.1, -0.05) is 36.7 Å². The van der Waals surface area contributed by atoms with E-state index in [9.17, 15) is 8.42 Å². The van der Waals surface area contributed by atoms with Gasteiger partial charge in [-0.2, -0.15) is 8.42 Å². The second-order valence-electron chi connectivity index (χ2n) is 4.38. The van der Waals surface area contributed by atoms with E-state index >= 15 is 0 Å². The van der Waals surface area contributed by atoms with Crippen molar-refractivity contribution in [3.8, 4) is 5.75 Å². The summed E-state index contributed by atoms with van der Waals surface area (Å²) in [5.41, 5.74) is 0.791. The van der Waals surface area contributed by atoms with Crippen LogP contribution in [0.4, 0.5) is 0 Å². The van der Waals surface area contributed by atoms with Crippen LogP contribution in [-0.2, 0) is 16.7 Å². The molecule has 0 heterocycles. The molecule has 0 aromatic heterocycles. The standard InChI is InChI=1S/C15H16ClNO3S/c1-2-17-11-12-10-13(8-9-15(12)16)20-21(18,19)14-6-4-3-5-7-14/h3-10,17H,2,11H2,1H3. The fraction of sp³-hybridized carbons (Fsp3) is 0.200. The normalized spacial score (nSPS) is 11.3. The molecule has 2 aromatic carbocycles. The van der Waals surface area contributed by atoms with Crippen LogP contribution in [0.2, 0.25) is 5.02 Å². The average Bonchev–Trinajstić information content (AvgIpc) is 2.48. The molecule has 0 unspecified atom stereocenters. The van der Waals surface area contributed by atoms with E-state index < -0.39 is 10.1 Å². The fourth-order valence-electron chi connectivity index (χ4n) is 1.76. The third-order valence-electron chi connectivity index (χ3n) is 2.82. The monoisotopic (exact) mass is 325 g/mol. The molecule has 112 valence electrons. The molecule has 0 aliphatic rings. The Morgan fingerprint density at radius 2 is 1.86 bits per heavy atom. The van der Waals surface area contributed by atoms with Crippen LogP contribution in [0.25, 0.3) is 0 Å². The van der Waals surface area contributed by atoms with E-state index in [2.05, 4.69) is 5.32 Å².